The van der Waals surface area contributed by atoms with Gasteiger partial charge < -0.3 is 20.1 Å². The number of carbonyl (C=O) groups excluding carboxylic acids is 1. The molecular formula is C11H14N2O5. The smallest absolute Gasteiger partial charge is 0.334 e. The minimum atomic E-state index is -1.18. The number of carbonyl (C=O) groups is 2. The lowest BCUT2D eigenvalue weighted by Gasteiger charge is -2.11. The van der Waals surface area contributed by atoms with Gasteiger partial charge in [-0.05, 0) is 19.1 Å². The van der Waals surface area contributed by atoms with E-state index >= 15 is 0 Å². The highest BCUT2D eigenvalue weighted by atomic mass is 16.5. The Morgan fingerprint density at radius 3 is 2.67 bits per heavy atom. The number of H-pyrrole nitrogens is 1. The molecule has 1 aromatic rings. The third kappa shape index (κ3) is 3.42. The molecule has 0 saturated heterocycles. The van der Waals surface area contributed by atoms with E-state index in [1.54, 1.807) is 13.0 Å². The monoisotopic (exact) mass is 254 g/mol. The maximum Gasteiger partial charge on any atom is 0.334 e. The Morgan fingerprint density at radius 2 is 2.17 bits per heavy atom. The van der Waals surface area contributed by atoms with E-state index in [0.717, 1.165) is 0 Å². The van der Waals surface area contributed by atoms with Gasteiger partial charge in [0.05, 0.1) is 6.54 Å². The number of methoxy groups -OCH3 is 1. The number of carboxylic acid groups (broad SMARTS) is 1. The van der Waals surface area contributed by atoms with Crippen molar-refractivity contribution in [3.8, 4) is 0 Å². The van der Waals surface area contributed by atoms with Crippen LogP contribution in [0.1, 0.15) is 16.1 Å². The third-order valence-corrected chi connectivity index (χ3v) is 2.31. The first kappa shape index (κ1) is 13.9. The zero-order chi connectivity index (χ0) is 13.7. The molecule has 0 radical (unpaired) electrons. The molecule has 1 rings (SSSR count). The number of aliphatic carboxylic acids is 1. The number of hydrogen-bond donors (Lipinski definition) is 3. The van der Waals surface area contributed by atoms with Gasteiger partial charge in [-0.1, -0.05) is 0 Å². The second-order valence-corrected chi connectivity index (χ2v) is 3.66. The third-order valence-electron chi connectivity index (χ3n) is 2.31. The van der Waals surface area contributed by atoms with Gasteiger partial charge in [-0.2, -0.15) is 0 Å². The van der Waals surface area contributed by atoms with Crippen molar-refractivity contribution >= 4 is 11.9 Å². The number of pyridine rings is 1. The minimum Gasteiger partial charge on any atom is -0.479 e. The second kappa shape index (κ2) is 5.97. The lowest BCUT2D eigenvalue weighted by Crippen LogP contribution is -2.39. The highest BCUT2D eigenvalue weighted by Crippen LogP contribution is 1.94. The lowest BCUT2D eigenvalue weighted by atomic mass is 10.2. The first-order chi connectivity index (χ1) is 8.45. The summed E-state index contributed by atoms with van der Waals surface area (Å²) < 4.78 is 4.65. The van der Waals surface area contributed by atoms with Crippen molar-refractivity contribution < 1.29 is 19.4 Å². The van der Waals surface area contributed by atoms with Crippen molar-refractivity contribution in [2.45, 2.75) is 13.0 Å². The highest BCUT2D eigenvalue weighted by molar-refractivity contribution is 5.94. The normalized spacial score (nSPS) is 11.9. The Balaban J connectivity index is 2.71. The zero-order valence-corrected chi connectivity index (χ0v) is 10.0. The summed E-state index contributed by atoms with van der Waals surface area (Å²) in [6, 6.07) is 2.97. The molecule has 1 unspecified atom stereocenters. The summed E-state index contributed by atoms with van der Waals surface area (Å²) in [6.07, 6.45) is -1.14. The maximum absolute atomic E-state index is 11.6. The van der Waals surface area contributed by atoms with Gasteiger partial charge in [0.25, 0.3) is 11.5 Å². The Labute approximate surface area is 103 Å². The molecule has 1 atom stereocenters. The van der Waals surface area contributed by atoms with Gasteiger partial charge in [-0.3, -0.25) is 9.59 Å². The summed E-state index contributed by atoms with van der Waals surface area (Å²) in [6.45, 7) is 1.48. The highest BCUT2D eigenvalue weighted by Gasteiger charge is 2.18. The van der Waals surface area contributed by atoms with Crippen LogP contribution in [-0.2, 0) is 9.53 Å². The van der Waals surface area contributed by atoms with E-state index < -0.39 is 23.5 Å². The first-order valence-electron chi connectivity index (χ1n) is 5.19. The molecule has 0 aliphatic carbocycles. The van der Waals surface area contributed by atoms with Crippen molar-refractivity contribution in [1.29, 1.82) is 0 Å². The molecule has 0 aromatic carbocycles. The predicted molar refractivity (Wildman–Crippen MR) is 62.6 cm³/mol. The number of nitrogens with one attached hydrogen (secondary N) is 2. The van der Waals surface area contributed by atoms with Crippen LogP contribution in [0, 0.1) is 6.92 Å². The van der Waals surface area contributed by atoms with Crippen LogP contribution in [0.4, 0.5) is 0 Å². The molecule has 7 nitrogen and oxygen atoms in total. The van der Waals surface area contributed by atoms with E-state index in [4.69, 9.17) is 5.11 Å². The average molecular weight is 254 g/mol. The van der Waals surface area contributed by atoms with Crippen molar-refractivity contribution in [2.75, 3.05) is 13.7 Å². The molecule has 18 heavy (non-hydrogen) atoms. The molecule has 1 heterocycles. The zero-order valence-electron chi connectivity index (χ0n) is 10.0. The molecule has 1 amide bonds. The summed E-state index contributed by atoms with van der Waals surface area (Å²) in [5.41, 5.74) is 0.0505. The fraction of sp³-hybridized carbons (Fsp3) is 0.364. The Kier molecular flexibility index (Phi) is 4.61. The quantitative estimate of drug-likeness (QED) is 0.657. The first-order valence-corrected chi connectivity index (χ1v) is 5.19. The number of rotatable bonds is 5. The second-order valence-electron chi connectivity index (χ2n) is 3.66. The number of aromatic nitrogens is 1. The lowest BCUT2D eigenvalue weighted by molar-refractivity contribution is -0.148. The van der Waals surface area contributed by atoms with E-state index in [2.05, 4.69) is 15.0 Å². The number of aryl methyl sites for hydroxylation is 1. The van der Waals surface area contributed by atoms with E-state index in [1.807, 2.05) is 0 Å². The number of amides is 1. The van der Waals surface area contributed by atoms with Crippen LogP contribution in [0.25, 0.3) is 0 Å². The van der Waals surface area contributed by atoms with Crippen molar-refractivity contribution in [1.82, 2.24) is 10.3 Å². The van der Waals surface area contributed by atoms with Crippen LogP contribution in [0.15, 0.2) is 16.9 Å². The molecule has 98 valence electrons. The molecule has 0 bridgehead atoms. The fourth-order valence-corrected chi connectivity index (χ4v) is 1.30. The topological polar surface area (TPSA) is 108 Å². The van der Waals surface area contributed by atoms with E-state index in [9.17, 15) is 14.4 Å². The van der Waals surface area contributed by atoms with Gasteiger partial charge >= 0.3 is 5.97 Å². The number of carboxylic acids is 1. The van der Waals surface area contributed by atoms with Gasteiger partial charge in [0.15, 0.2) is 6.10 Å². The molecule has 0 saturated carbocycles. The average Bonchev–Trinajstić information content (AvgIpc) is 2.28. The van der Waals surface area contributed by atoms with Crippen molar-refractivity contribution in [3.05, 3.63) is 33.7 Å². The Morgan fingerprint density at radius 1 is 1.50 bits per heavy atom. The summed E-state index contributed by atoms with van der Waals surface area (Å²) in [4.78, 5) is 36.2. The van der Waals surface area contributed by atoms with Crippen LogP contribution in [0.5, 0.6) is 0 Å². The van der Waals surface area contributed by atoms with Crippen LogP contribution in [0.3, 0.4) is 0 Å². The summed E-state index contributed by atoms with van der Waals surface area (Å²) in [5.74, 6) is -1.82. The van der Waals surface area contributed by atoms with Crippen molar-refractivity contribution in [3.63, 3.8) is 0 Å². The van der Waals surface area contributed by atoms with Crippen LogP contribution < -0.4 is 10.9 Å². The molecule has 1 aromatic heterocycles. The van der Waals surface area contributed by atoms with E-state index in [1.165, 1.54) is 13.2 Å². The largest absolute Gasteiger partial charge is 0.479 e. The Bertz CT molecular complexity index is 508. The van der Waals surface area contributed by atoms with Gasteiger partial charge in [0.1, 0.15) is 5.56 Å². The van der Waals surface area contributed by atoms with E-state index in [0.29, 0.717) is 5.69 Å². The maximum atomic E-state index is 11.6. The standard InChI is InChI=1S/C11H14N2O5/c1-6-3-4-7(10(15)13-6)9(14)12-5-8(18-2)11(16)17/h3-4,8H,5H2,1-2H3,(H,12,14)(H,13,15)(H,16,17). The SMILES string of the molecule is COC(CNC(=O)c1ccc(C)[nH]c1=O)C(=O)O. The molecule has 3 N–H and O–H groups in total. The minimum absolute atomic E-state index is 0.0687. The summed E-state index contributed by atoms with van der Waals surface area (Å²) >= 11 is 0. The van der Waals surface area contributed by atoms with Gasteiger partial charge in [-0.25, -0.2) is 4.79 Å². The summed E-state index contributed by atoms with van der Waals surface area (Å²) in [5, 5.41) is 11.0. The molecule has 0 aliphatic heterocycles. The van der Waals surface area contributed by atoms with Crippen molar-refractivity contribution in [2.24, 2.45) is 0 Å². The predicted octanol–water partition coefficient (Wildman–Crippen LogP) is -0.487. The van der Waals surface area contributed by atoms with Gasteiger partial charge in [0.2, 0.25) is 0 Å². The number of aromatic amines is 1. The van der Waals surface area contributed by atoms with Crippen LogP contribution in [-0.4, -0.2) is 41.7 Å². The molecule has 0 spiro atoms. The number of ether oxygens (including phenoxy) is 1. The number of hydrogen-bond acceptors (Lipinski definition) is 4. The Hall–Kier alpha value is -2.15. The molecule has 0 fully saturated rings. The molecule has 0 aliphatic rings. The molecular weight excluding hydrogens is 240 g/mol. The van der Waals surface area contributed by atoms with Crippen LogP contribution >= 0.6 is 0 Å². The van der Waals surface area contributed by atoms with E-state index in [-0.39, 0.29) is 12.1 Å². The molecule has 7 heteroatoms. The summed E-state index contributed by atoms with van der Waals surface area (Å²) in [7, 11) is 1.23. The van der Waals surface area contributed by atoms with Gasteiger partial charge in [-0.15, -0.1) is 0 Å². The van der Waals surface area contributed by atoms with Gasteiger partial charge in [0, 0.05) is 12.8 Å². The fourth-order valence-electron chi connectivity index (χ4n) is 1.30. The van der Waals surface area contributed by atoms with Crippen LogP contribution in [0.2, 0.25) is 0 Å².